The SMILES string of the molecule is CC(C)C(NC(=S)NC(=O)c1ccc([N+](=O)[O-])cc1)C(=O)O. The minimum atomic E-state index is -1.08. The Labute approximate surface area is 131 Å². The summed E-state index contributed by atoms with van der Waals surface area (Å²) in [6.07, 6.45) is 0. The fraction of sp³-hybridized carbons (Fsp3) is 0.308. The Kier molecular flexibility index (Phi) is 5.93. The molecule has 118 valence electrons. The molecule has 1 amide bonds. The molecule has 0 aliphatic heterocycles. The third-order valence-electron chi connectivity index (χ3n) is 2.79. The van der Waals surface area contributed by atoms with E-state index in [1.165, 1.54) is 24.3 Å². The smallest absolute Gasteiger partial charge is 0.326 e. The number of hydrogen-bond acceptors (Lipinski definition) is 5. The molecular formula is C13H15N3O5S. The largest absolute Gasteiger partial charge is 0.480 e. The molecule has 22 heavy (non-hydrogen) atoms. The predicted molar refractivity (Wildman–Crippen MR) is 82.6 cm³/mol. The van der Waals surface area contributed by atoms with Crippen molar-refractivity contribution in [1.82, 2.24) is 10.6 Å². The van der Waals surface area contributed by atoms with Gasteiger partial charge >= 0.3 is 5.97 Å². The maximum Gasteiger partial charge on any atom is 0.326 e. The first kappa shape index (κ1) is 17.5. The van der Waals surface area contributed by atoms with E-state index in [1.54, 1.807) is 13.8 Å². The second-order valence-corrected chi connectivity index (χ2v) is 5.20. The molecule has 0 fully saturated rings. The summed E-state index contributed by atoms with van der Waals surface area (Å²) in [5.74, 6) is -1.89. The van der Waals surface area contributed by atoms with Crippen molar-refractivity contribution in [3.8, 4) is 0 Å². The van der Waals surface area contributed by atoms with Crippen LogP contribution in [0.15, 0.2) is 24.3 Å². The molecule has 0 aliphatic rings. The number of amides is 1. The van der Waals surface area contributed by atoms with Crippen LogP contribution >= 0.6 is 12.2 Å². The van der Waals surface area contributed by atoms with Crippen molar-refractivity contribution >= 4 is 34.9 Å². The van der Waals surface area contributed by atoms with E-state index >= 15 is 0 Å². The van der Waals surface area contributed by atoms with Crippen LogP contribution in [-0.4, -0.2) is 33.1 Å². The van der Waals surface area contributed by atoms with E-state index < -0.39 is 22.8 Å². The number of hydrogen-bond donors (Lipinski definition) is 3. The summed E-state index contributed by atoms with van der Waals surface area (Å²) in [4.78, 5) is 32.9. The average molecular weight is 325 g/mol. The first-order chi connectivity index (χ1) is 10.2. The molecule has 0 saturated heterocycles. The quantitative estimate of drug-likeness (QED) is 0.424. The van der Waals surface area contributed by atoms with E-state index in [4.69, 9.17) is 17.3 Å². The first-order valence-electron chi connectivity index (χ1n) is 6.31. The highest BCUT2D eigenvalue weighted by atomic mass is 32.1. The molecule has 1 aromatic carbocycles. The number of rotatable bonds is 5. The van der Waals surface area contributed by atoms with Gasteiger partial charge in [0.2, 0.25) is 0 Å². The first-order valence-corrected chi connectivity index (χ1v) is 6.72. The van der Waals surface area contributed by atoms with E-state index in [2.05, 4.69) is 10.6 Å². The van der Waals surface area contributed by atoms with E-state index in [0.29, 0.717) is 0 Å². The maximum atomic E-state index is 11.9. The van der Waals surface area contributed by atoms with Crippen molar-refractivity contribution in [2.24, 2.45) is 5.92 Å². The van der Waals surface area contributed by atoms with E-state index in [0.717, 1.165) is 0 Å². The van der Waals surface area contributed by atoms with Crippen LogP contribution in [0.3, 0.4) is 0 Å². The van der Waals surface area contributed by atoms with Gasteiger partial charge in [-0.2, -0.15) is 0 Å². The summed E-state index contributed by atoms with van der Waals surface area (Å²) < 4.78 is 0. The molecule has 0 bridgehead atoms. The Balaban J connectivity index is 2.69. The van der Waals surface area contributed by atoms with Crippen molar-refractivity contribution in [2.75, 3.05) is 0 Å². The van der Waals surface area contributed by atoms with Gasteiger partial charge in [-0.25, -0.2) is 4.79 Å². The standard InChI is InChI=1S/C13H15N3O5S/c1-7(2)10(12(18)19)14-13(22)15-11(17)8-3-5-9(6-4-8)16(20)21/h3-7,10H,1-2H3,(H,18,19)(H2,14,15,17,22). The van der Waals surface area contributed by atoms with Gasteiger partial charge in [-0.3, -0.25) is 20.2 Å². The van der Waals surface area contributed by atoms with Gasteiger partial charge in [-0.15, -0.1) is 0 Å². The van der Waals surface area contributed by atoms with Crippen LogP contribution in [0.4, 0.5) is 5.69 Å². The summed E-state index contributed by atoms with van der Waals surface area (Å²) in [5.41, 5.74) is 0.0363. The van der Waals surface area contributed by atoms with Crippen LogP contribution in [0.25, 0.3) is 0 Å². The Bertz CT molecular complexity index is 600. The minimum Gasteiger partial charge on any atom is -0.480 e. The number of nitro groups is 1. The van der Waals surface area contributed by atoms with Gasteiger partial charge in [-0.1, -0.05) is 13.8 Å². The lowest BCUT2D eigenvalue weighted by Crippen LogP contribution is -2.49. The molecule has 0 saturated carbocycles. The number of non-ortho nitro benzene ring substituents is 1. The number of benzene rings is 1. The van der Waals surface area contributed by atoms with Crippen LogP contribution < -0.4 is 10.6 Å². The van der Waals surface area contributed by atoms with Crippen molar-refractivity contribution in [3.63, 3.8) is 0 Å². The highest BCUT2D eigenvalue weighted by molar-refractivity contribution is 7.80. The number of nitrogens with one attached hydrogen (secondary N) is 2. The normalized spacial score (nSPS) is 11.6. The number of carboxylic acids is 1. The number of carbonyl (C=O) groups is 2. The van der Waals surface area contributed by atoms with Crippen LogP contribution in [-0.2, 0) is 4.79 Å². The van der Waals surface area contributed by atoms with E-state index in [9.17, 15) is 19.7 Å². The van der Waals surface area contributed by atoms with Gasteiger partial charge in [0.1, 0.15) is 6.04 Å². The summed E-state index contributed by atoms with van der Waals surface area (Å²) in [6, 6.07) is 4.03. The van der Waals surface area contributed by atoms with Gasteiger partial charge in [-0.05, 0) is 30.3 Å². The highest BCUT2D eigenvalue weighted by Crippen LogP contribution is 2.11. The molecular weight excluding hydrogens is 310 g/mol. The molecule has 0 aliphatic carbocycles. The number of carbonyl (C=O) groups excluding carboxylic acids is 1. The number of nitrogens with zero attached hydrogens (tertiary/aromatic N) is 1. The second-order valence-electron chi connectivity index (χ2n) is 4.79. The van der Waals surface area contributed by atoms with Crippen molar-refractivity contribution < 1.29 is 19.6 Å². The Morgan fingerprint density at radius 1 is 1.27 bits per heavy atom. The average Bonchev–Trinajstić information content (AvgIpc) is 2.44. The second kappa shape index (κ2) is 7.46. The van der Waals surface area contributed by atoms with Gasteiger partial charge < -0.3 is 10.4 Å². The van der Waals surface area contributed by atoms with Gasteiger partial charge in [0.15, 0.2) is 5.11 Å². The van der Waals surface area contributed by atoms with Crippen LogP contribution in [0.5, 0.6) is 0 Å². The molecule has 1 unspecified atom stereocenters. The molecule has 9 heteroatoms. The molecule has 0 spiro atoms. The summed E-state index contributed by atoms with van der Waals surface area (Å²) in [7, 11) is 0. The van der Waals surface area contributed by atoms with E-state index in [-0.39, 0.29) is 22.3 Å². The molecule has 1 aromatic rings. The zero-order valence-electron chi connectivity index (χ0n) is 11.9. The molecule has 3 N–H and O–H groups in total. The van der Waals surface area contributed by atoms with Gasteiger partial charge in [0.25, 0.3) is 11.6 Å². The molecule has 0 radical (unpaired) electrons. The third kappa shape index (κ3) is 4.77. The zero-order valence-corrected chi connectivity index (χ0v) is 12.7. The number of aliphatic carboxylic acids is 1. The lowest BCUT2D eigenvalue weighted by atomic mass is 10.1. The predicted octanol–water partition coefficient (Wildman–Crippen LogP) is 1.31. The molecule has 8 nitrogen and oxygen atoms in total. The number of thiocarbonyl (C=S) groups is 1. The Morgan fingerprint density at radius 2 is 1.82 bits per heavy atom. The lowest BCUT2D eigenvalue weighted by Gasteiger charge is -2.19. The lowest BCUT2D eigenvalue weighted by molar-refractivity contribution is -0.384. The molecule has 0 aromatic heterocycles. The van der Waals surface area contributed by atoms with E-state index in [1.807, 2.05) is 0 Å². The monoisotopic (exact) mass is 325 g/mol. The molecule has 0 heterocycles. The maximum absolute atomic E-state index is 11.9. The Hall–Kier alpha value is -2.55. The van der Waals surface area contributed by atoms with Crippen LogP contribution in [0, 0.1) is 16.0 Å². The summed E-state index contributed by atoms with van der Waals surface area (Å²) in [5, 5.41) is 24.3. The van der Waals surface area contributed by atoms with Crippen molar-refractivity contribution in [3.05, 3.63) is 39.9 Å². The van der Waals surface area contributed by atoms with Gasteiger partial charge in [0, 0.05) is 17.7 Å². The summed E-state index contributed by atoms with van der Waals surface area (Å²) >= 11 is 4.90. The number of carboxylic acid groups (broad SMARTS) is 1. The molecule has 1 rings (SSSR count). The summed E-state index contributed by atoms with van der Waals surface area (Å²) in [6.45, 7) is 3.40. The minimum absolute atomic E-state index is 0.121. The van der Waals surface area contributed by atoms with Crippen molar-refractivity contribution in [1.29, 1.82) is 0 Å². The topological polar surface area (TPSA) is 122 Å². The van der Waals surface area contributed by atoms with Crippen molar-refractivity contribution in [2.45, 2.75) is 19.9 Å². The third-order valence-corrected chi connectivity index (χ3v) is 3.01. The molecule has 1 atom stereocenters. The fourth-order valence-corrected chi connectivity index (χ4v) is 1.82. The van der Waals surface area contributed by atoms with Gasteiger partial charge in [0.05, 0.1) is 4.92 Å². The number of nitro benzene ring substituents is 1. The highest BCUT2D eigenvalue weighted by Gasteiger charge is 2.22. The Morgan fingerprint density at radius 3 is 2.23 bits per heavy atom. The van der Waals surface area contributed by atoms with Crippen LogP contribution in [0.1, 0.15) is 24.2 Å². The zero-order chi connectivity index (χ0) is 16.9. The van der Waals surface area contributed by atoms with Crippen LogP contribution in [0.2, 0.25) is 0 Å². The fourth-order valence-electron chi connectivity index (χ4n) is 1.60.